The van der Waals surface area contributed by atoms with Crippen LogP contribution >= 0.6 is 33.9 Å². The van der Waals surface area contributed by atoms with Crippen molar-refractivity contribution in [3.63, 3.8) is 0 Å². The summed E-state index contributed by atoms with van der Waals surface area (Å²) in [5.74, 6) is -0.574. The van der Waals surface area contributed by atoms with E-state index in [4.69, 9.17) is 10.0 Å². The van der Waals surface area contributed by atoms with E-state index < -0.39 is 12.9 Å². The summed E-state index contributed by atoms with van der Waals surface area (Å²) in [7, 11) is -1.76. The molecule has 0 unspecified atom stereocenters. The average Bonchev–Trinajstić information content (AvgIpc) is 2.50. The van der Waals surface area contributed by atoms with Gasteiger partial charge in [-0.3, -0.25) is 0 Å². The summed E-state index contributed by atoms with van der Waals surface area (Å²) in [4.78, 5) is 0. The second-order valence-electron chi connectivity index (χ2n) is 2.80. The molecule has 0 amide bonds. The van der Waals surface area contributed by atoms with Gasteiger partial charge in [0, 0.05) is 13.7 Å². The van der Waals surface area contributed by atoms with E-state index in [0.29, 0.717) is 3.57 Å². The van der Waals surface area contributed by atoms with Crippen LogP contribution in [0.3, 0.4) is 0 Å². The zero-order valence-corrected chi connectivity index (χ0v) is 9.84. The van der Waals surface area contributed by atoms with Gasteiger partial charge in [0.1, 0.15) is 5.82 Å². The van der Waals surface area contributed by atoms with E-state index in [1.54, 1.807) is 6.07 Å². The van der Waals surface area contributed by atoms with E-state index in [2.05, 4.69) is 0 Å². The summed E-state index contributed by atoms with van der Waals surface area (Å²) in [5, 5.41) is 20.6. The highest BCUT2D eigenvalue weighted by molar-refractivity contribution is 14.1. The SMILES string of the molecule is OB(O)c1c(F)cc2ccsc2c1I. The first-order valence-electron chi connectivity index (χ1n) is 3.82. The van der Waals surface area contributed by atoms with Crippen LogP contribution < -0.4 is 5.46 Å². The second-order valence-corrected chi connectivity index (χ2v) is 4.79. The zero-order chi connectivity index (χ0) is 10.3. The minimum atomic E-state index is -1.76. The van der Waals surface area contributed by atoms with Crippen molar-refractivity contribution < 1.29 is 14.4 Å². The molecule has 14 heavy (non-hydrogen) atoms. The van der Waals surface area contributed by atoms with E-state index >= 15 is 0 Å². The first kappa shape index (κ1) is 10.3. The first-order valence-corrected chi connectivity index (χ1v) is 5.78. The molecule has 0 bridgehead atoms. The van der Waals surface area contributed by atoms with E-state index in [9.17, 15) is 4.39 Å². The first-order chi connectivity index (χ1) is 6.61. The Kier molecular flexibility index (Phi) is 2.78. The maximum absolute atomic E-state index is 13.4. The standard InChI is InChI=1S/C8H5BFIO2S/c10-5-3-4-1-2-14-8(4)7(11)6(5)9(12)13/h1-3,12-13H. The van der Waals surface area contributed by atoms with Gasteiger partial charge in [-0.05, 0) is 45.5 Å². The Morgan fingerprint density at radius 1 is 1.43 bits per heavy atom. The van der Waals surface area contributed by atoms with E-state index in [-0.39, 0.29) is 5.46 Å². The van der Waals surface area contributed by atoms with Crippen LogP contribution in [0.15, 0.2) is 17.5 Å². The summed E-state index contributed by atoms with van der Waals surface area (Å²) < 4.78 is 14.8. The maximum Gasteiger partial charge on any atom is 0.492 e. The molecule has 0 fully saturated rings. The highest BCUT2D eigenvalue weighted by Crippen LogP contribution is 2.26. The van der Waals surface area contributed by atoms with Crippen LogP contribution in [0.4, 0.5) is 4.39 Å². The number of hydrogen-bond acceptors (Lipinski definition) is 3. The molecule has 0 atom stereocenters. The van der Waals surface area contributed by atoms with E-state index in [0.717, 1.165) is 10.1 Å². The van der Waals surface area contributed by atoms with E-state index in [1.165, 1.54) is 17.4 Å². The topological polar surface area (TPSA) is 40.5 Å². The third-order valence-corrected chi connectivity index (χ3v) is 4.36. The molecule has 0 spiro atoms. The summed E-state index contributed by atoms with van der Waals surface area (Å²) >= 11 is 3.38. The van der Waals surface area contributed by atoms with Gasteiger partial charge in [0.15, 0.2) is 0 Å². The van der Waals surface area contributed by atoms with Crippen LogP contribution in [0.25, 0.3) is 10.1 Å². The fraction of sp³-hybridized carbons (Fsp3) is 0. The predicted octanol–water partition coefficient (Wildman–Crippen LogP) is 1.32. The fourth-order valence-corrected chi connectivity index (χ4v) is 3.35. The maximum atomic E-state index is 13.4. The Labute approximate surface area is 97.7 Å². The molecule has 2 nitrogen and oxygen atoms in total. The smallest absolute Gasteiger partial charge is 0.423 e. The van der Waals surface area contributed by atoms with Gasteiger partial charge < -0.3 is 10.0 Å². The lowest BCUT2D eigenvalue weighted by molar-refractivity contribution is 0.423. The number of halogens is 2. The van der Waals surface area contributed by atoms with Gasteiger partial charge in [-0.15, -0.1) is 11.3 Å². The second kappa shape index (κ2) is 3.76. The van der Waals surface area contributed by atoms with Crippen molar-refractivity contribution in [1.29, 1.82) is 0 Å². The molecule has 0 aliphatic carbocycles. The van der Waals surface area contributed by atoms with Gasteiger partial charge in [-0.2, -0.15) is 0 Å². The minimum absolute atomic E-state index is 0.0412. The molecule has 2 rings (SSSR count). The van der Waals surface area contributed by atoms with Gasteiger partial charge in [-0.25, -0.2) is 4.39 Å². The van der Waals surface area contributed by atoms with Gasteiger partial charge >= 0.3 is 7.12 Å². The molecule has 2 aromatic rings. The Morgan fingerprint density at radius 3 is 2.79 bits per heavy atom. The van der Waals surface area contributed by atoms with Crippen LogP contribution in [0.1, 0.15) is 0 Å². The van der Waals surface area contributed by atoms with Gasteiger partial charge in [0.05, 0.1) is 0 Å². The molecular weight excluding hydrogens is 317 g/mol. The normalized spacial score (nSPS) is 10.9. The highest BCUT2D eigenvalue weighted by atomic mass is 127. The minimum Gasteiger partial charge on any atom is -0.423 e. The molecule has 0 saturated heterocycles. The van der Waals surface area contributed by atoms with Crippen molar-refractivity contribution in [3.8, 4) is 0 Å². The number of rotatable bonds is 1. The van der Waals surface area contributed by atoms with Crippen LogP contribution in [0.5, 0.6) is 0 Å². The predicted molar refractivity (Wildman–Crippen MR) is 64.3 cm³/mol. The van der Waals surface area contributed by atoms with Crippen LogP contribution in [-0.2, 0) is 0 Å². The lowest BCUT2D eigenvalue weighted by atomic mass is 9.79. The molecular formula is C8H5BFIO2S. The molecule has 1 aromatic heterocycles. The van der Waals surface area contributed by atoms with Gasteiger partial charge in [0.25, 0.3) is 0 Å². The largest absolute Gasteiger partial charge is 0.492 e. The molecule has 0 aliphatic heterocycles. The van der Waals surface area contributed by atoms with Crippen LogP contribution in [-0.4, -0.2) is 17.2 Å². The molecule has 72 valence electrons. The third kappa shape index (κ3) is 1.56. The fourth-order valence-electron chi connectivity index (χ4n) is 1.29. The Bertz CT molecular complexity index is 485. The van der Waals surface area contributed by atoms with E-state index in [1.807, 2.05) is 28.0 Å². The lowest BCUT2D eigenvalue weighted by Gasteiger charge is -2.05. The van der Waals surface area contributed by atoms with Crippen molar-refractivity contribution >= 4 is 56.6 Å². The molecule has 1 heterocycles. The summed E-state index contributed by atoms with van der Waals surface area (Å²) in [6.07, 6.45) is 0. The zero-order valence-electron chi connectivity index (χ0n) is 6.87. The third-order valence-electron chi connectivity index (χ3n) is 1.93. The Balaban J connectivity index is 2.82. The lowest BCUT2D eigenvalue weighted by Crippen LogP contribution is -2.35. The molecule has 0 aliphatic rings. The number of benzene rings is 1. The average molecular weight is 322 g/mol. The monoisotopic (exact) mass is 322 g/mol. The molecule has 6 heteroatoms. The summed E-state index contributed by atoms with van der Waals surface area (Å²) in [6.45, 7) is 0. The van der Waals surface area contributed by atoms with Crippen LogP contribution in [0.2, 0.25) is 0 Å². The Morgan fingerprint density at radius 2 is 2.14 bits per heavy atom. The van der Waals surface area contributed by atoms with Gasteiger partial charge in [-0.1, -0.05) is 0 Å². The van der Waals surface area contributed by atoms with Crippen molar-refractivity contribution in [2.24, 2.45) is 0 Å². The number of fused-ring (bicyclic) bond motifs is 1. The van der Waals surface area contributed by atoms with Gasteiger partial charge in [0.2, 0.25) is 0 Å². The highest BCUT2D eigenvalue weighted by Gasteiger charge is 2.22. The molecule has 0 saturated carbocycles. The Hall–Kier alpha value is -0.175. The quantitative estimate of drug-likeness (QED) is 0.614. The van der Waals surface area contributed by atoms with Crippen molar-refractivity contribution in [2.45, 2.75) is 0 Å². The molecule has 0 radical (unpaired) electrons. The molecule has 2 N–H and O–H groups in total. The summed E-state index contributed by atoms with van der Waals surface area (Å²) in [6, 6.07) is 3.13. The number of hydrogen-bond donors (Lipinski definition) is 2. The van der Waals surface area contributed by atoms with Crippen molar-refractivity contribution in [1.82, 2.24) is 0 Å². The summed E-state index contributed by atoms with van der Waals surface area (Å²) in [5.41, 5.74) is -0.0412. The molecule has 1 aromatic carbocycles. The number of thiophene rings is 1. The van der Waals surface area contributed by atoms with Crippen molar-refractivity contribution in [2.75, 3.05) is 0 Å². The van der Waals surface area contributed by atoms with Crippen LogP contribution in [0, 0.1) is 9.39 Å². The van der Waals surface area contributed by atoms with Crippen molar-refractivity contribution in [3.05, 3.63) is 26.9 Å².